The Bertz CT molecular complexity index is 1040. The number of carbonyl (C=O) groups is 3. The van der Waals surface area contributed by atoms with Crippen LogP contribution in [0.1, 0.15) is 31.2 Å². The lowest BCUT2D eigenvalue weighted by molar-refractivity contribution is -0.119. The van der Waals surface area contributed by atoms with Crippen molar-refractivity contribution in [2.75, 3.05) is 17.2 Å². The first-order valence-corrected chi connectivity index (χ1v) is 9.80. The van der Waals surface area contributed by atoms with E-state index in [0.29, 0.717) is 16.3 Å². The van der Waals surface area contributed by atoms with Gasteiger partial charge in [-0.3, -0.25) is 9.59 Å². The lowest BCUT2D eigenvalue weighted by Gasteiger charge is -2.11. The van der Waals surface area contributed by atoms with Gasteiger partial charge in [0.2, 0.25) is 0 Å². The standard InChI is InChI=1S/C22H20N2O4S/c1-14-6-3-9-18(15(14)2)24-20(25)13-28-22(27)16-7-4-8-17(12-16)23-21(26)19-10-5-11-29-19/h3-12H,13H2,1-2H3,(H,23,26)(H,24,25). The van der Waals surface area contributed by atoms with Crippen molar-refractivity contribution < 1.29 is 19.1 Å². The number of esters is 1. The summed E-state index contributed by atoms with van der Waals surface area (Å²) in [6.45, 7) is 3.46. The van der Waals surface area contributed by atoms with Gasteiger partial charge in [-0.2, -0.15) is 0 Å². The first kappa shape index (κ1) is 20.3. The van der Waals surface area contributed by atoms with Gasteiger partial charge in [0, 0.05) is 11.4 Å². The maximum Gasteiger partial charge on any atom is 0.338 e. The maximum absolute atomic E-state index is 12.3. The van der Waals surface area contributed by atoms with E-state index in [1.807, 2.05) is 31.4 Å². The minimum Gasteiger partial charge on any atom is -0.452 e. The van der Waals surface area contributed by atoms with Crippen molar-refractivity contribution in [3.05, 3.63) is 81.5 Å². The van der Waals surface area contributed by atoms with Crippen LogP contribution in [0.4, 0.5) is 11.4 Å². The molecular formula is C22H20N2O4S. The highest BCUT2D eigenvalue weighted by Crippen LogP contribution is 2.18. The summed E-state index contributed by atoms with van der Waals surface area (Å²) in [7, 11) is 0. The number of rotatable bonds is 6. The molecule has 7 heteroatoms. The predicted molar refractivity (Wildman–Crippen MR) is 114 cm³/mol. The van der Waals surface area contributed by atoms with Gasteiger partial charge in [0.1, 0.15) is 0 Å². The zero-order chi connectivity index (χ0) is 20.8. The maximum atomic E-state index is 12.3. The molecule has 2 N–H and O–H groups in total. The van der Waals surface area contributed by atoms with Crippen LogP contribution in [0.2, 0.25) is 0 Å². The molecule has 0 saturated carbocycles. The van der Waals surface area contributed by atoms with Crippen molar-refractivity contribution >= 4 is 40.5 Å². The molecule has 2 amide bonds. The molecule has 0 radical (unpaired) electrons. The summed E-state index contributed by atoms with van der Waals surface area (Å²) in [6, 6.07) is 15.5. The monoisotopic (exact) mass is 408 g/mol. The van der Waals surface area contributed by atoms with E-state index in [1.165, 1.54) is 17.4 Å². The second-order valence-corrected chi connectivity index (χ2v) is 7.33. The van der Waals surface area contributed by atoms with Crippen LogP contribution in [-0.2, 0) is 9.53 Å². The zero-order valence-corrected chi connectivity index (χ0v) is 16.8. The molecule has 0 aliphatic rings. The topological polar surface area (TPSA) is 84.5 Å². The molecule has 0 aliphatic heterocycles. The third-order valence-electron chi connectivity index (χ3n) is 4.31. The second-order valence-electron chi connectivity index (χ2n) is 6.38. The van der Waals surface area contributed by atoms with E-state index >= 15 is 0 Å². The molecule has 3 aromatic rings. The fourth-order valence-electron chi connectivity index (χ4n) is 2.61. The number of hydrogen-bond donors (Lipinski definition) is 2. The number of carbonyl (C=O) groups excluding carboxylic acids is 3. The number of hydrogen-bond acceptors (Lipinski definition) is 5. The molecule has 0 bridgehead atoms. The molecule has 1 aromatic heterocycles. The first-order chi connectivity index (χ1) is 13.9. The highest BCUT2D eigenvalue weighted by molar-refractivity contribution is 7.12. The van der Waals surface area contributed by atoms with Crippen LogP contribution in [-0.4, -0.2) is 24.4 Å². The fraction of sp³-hybridized carbons (Fsp3) is 0.136. The van der Waals surface area contributed by atoms with Crippen molar-refractivity contribution in [1.29, 1.82) is 0 Å². The van der Waals surface area contributed by atoms with Crippen LogP contribution >= 0.6 is 11.3 Å². The number of aryl methyl sites for hydroxylation is 1. The Kier molecular flexibility index (Phi) is 6.41. The Morgan fingerprint density at radius 1 is 0.966 bits per heavy atom. The molecular weight excluding hydrogens is 388 g/mol. The first-order valence-electron chi connectivity index (χ1n) is 8.92. The van der Waals surface area contributed by atoms with Crippen molar-refractivity contribution in [1.82, 2.24) is 0 Å². The van der Waals surface area contributed by atoms with Gasteiger partial charge < -0.3 is 15.4 Å². The SMILES string of the molecule is Cc1cccc(NC(=O)COC(=O)c2cccc(NC(=O)c3cccs3)c2)c1C. The van der Waals surface area contributed by atoms with Gasteiger partial charge in [-0.05, 0) is 60.7 Å². The summed E-state index contributed by atoms with van der Waals surface area (Å²) in [4.78, 5) is 37.1. The Labute approximate surface area is 172 Å². The summed E-state index contributed by atoms with van der Waals surface area (Å²) in [5.41, 5.74) is 3.41. The Morgan fingerprint density at radius 3 is 2.52 bits per heavy atom. The molecule has 1 heterocycles. The molecule has 0 aliphatic carbocycles. The summed E-state index contributed by atoms with van der Waals surface area (Å²) in [6.07, 6.45) is 0. The van der Waals surface area contributed by atoms with Crippen LogP contribution in [0.15, 0.2) is 60.0 Å². The van der Waals surface area contributed by atoms with Gasteiger partial charge in [-0.15, -0.1) is 11.3 Å². The number of ether oxygens (including phenoxy) is 1. The highest BCUT2D eigenvalue weighted by atomic mass is 32.1. The summed E-state index contributed by atoms with van der Waals surface area (Å²) >= 11 is 1.33. The molecule has 29 heavy (non-hydrogen) atoms. The second kappa shape index (κ2) is 9.16. The molecule has 0 atom stereocenters. The summed E-state index contributed by atoms with van der Waals surface area (Å²) < 4.78 is 5.10. The van der Waals surface area contributed by atoms with Gasteiger partial charge in [0.15, 0.2) is 6.61 Å². The molecule has 0 saturated heterocycles. The Hall–Kier alpha value is -3.45. The third-order valence-corrected chi connectivity index (χ3v) is 5.18. The molecule has 6 nitrogen and oxygen atoms in total. The van der Waals surface area contributed by atoms with Crippen LogP contribution in [0.25, 0.3) is 0 Å². The minimum atomic E-state index is -0.645. The van der Waals surface area contributed by atoms with Crippen molar-refractivity contribution in [3.8, 4) is 0 Å². The fourth-order valence-corrected chi connectivity index (χ4v) is 3.23. The largest absolute Gasteiger partial charge is 0.452 e. The Morgan fingerprint density at radius 2 is 1.76 bits per heavy atom. The van der Waals surface area contributed by atoms with E-state index < -0.39 is 18.5 Å². The van der Waals surface area contributed by atoms with E-state index in [0.717, 1.165) is 11.1 Å². The van der Waals surface area contributed by atoms with Crippen molar-refractivity contribution in [3.63, 3.8) is 0 Å². The number of thiophene rings is 1. The predicted octanol–water partition coefficient (Wildman–Crippen LogP) is 4.41. The molecule has 0 spiro atoms. The average Bonchev–Trinajstić information content (AvgIpc) is 3.25. The lowest BCUT2D eigenvalue weighted by Crippen LogP contribution is -2.21. The number of anilines is 2. The van der Waals surface area contributed by atoms with Crippen LogP contribution < -0.4 is 10.6 Å². The summed E-state index contributed by atoms with van der Waals surface area (Å²) in [5.74, 6) is -1.32. The molecule has 3 rings (SSSR count). The van der Waals surface area contributed by atoms with E-state index in [9.17, 15) is 14.4 Å². The normalized spacial score (nSPS) is 10.3. The van der Waals surface area contributed by atoms with Gasteiger partial charge >= 0.3 is 5.97 Å². The van der Waals surface area contributed by atoms with E-state index in [2.05, 4.69) is 10.6 Å². The highest BCUT2D eigenvalue weighted by Gasteiger charge is 2.13. The van der Waals surface area contributed by atoms with Gasteiger partial charge in [0.25, 0.3) is 11.8 Å². The van der Waals surface area contributed by atoms with E-state index in [4.69, 9.17) is 4.74 Å². The third kappa shape index (κ3) is 5.30. The van der Waals surface area contributed by atoms with Gasteiger partial charge in [0.05, 0.1) is 10.4 Å². The van der Waals surface area contributed by atoms with Gasteiger partial charge in [-0.1, -0.05) is 24.3 Å². The molecule has 148 valence electrons. The molecule has 2 aromatic carbocycles. The minimum absolute atomic E-state index is 0.244. The average molecular weight is 408 g/mol. The summed E-state index contributed by atoms with van der Waals surface area (Å²) in [5, 5.41) is 7.28. The van der Waals surface area contributed by atoms with E-state index in [1.54, 1.807) is 36.4 Å². The van der Waals surface area contributed by atoms with Crippen LogP contribution in [0.5, 0.6) is 0 Å². The van der Waals surface area contributed by atoms with Crippen molar-refractivity contribution in [2.24, 2.45) is 0 Å². The van der Waals surface area contributed by atoms with Crippen molar-refractivity contribution in [2.45, 2.75) is 13.8 Å². The Balaban J connectivity index is 1.57. The molecule has 0 fully saturated rings. The van der Waals surface area contributed by atoms with E-state index in [-0.39, 0.29) is 11.5 Å². The smallest absolute Gasteiger partial charge is 0.338 e. The van der Waals surface area contributed by atoms with Crippen LogP contribution in [0, 0.1) is 13.8 Å². The van der Waals surface area contributed by atoms with Crippen LogP contribution in [0.3, 0.4) is 0 Å². The quantitative estimate of drug-likeness (QED) is 0.592. The number of amides is 2. The zero-order valence-electron chi connectivity index (χ0n) is 16.0. The molecule has 0 unspecified atom stereocenters. The van der Waals surface area contributed by atoms with Gasteiger partial charge in [-0.25, -0.2) is 4.79 Å². The number of nitrogens with one attached hydrogen (secondary N) is 2. The lowest BCUT2D eigenvalue weighted by atomic mass is 10.1. The number of benzene rings is 2.